The van der Waals surface area contributed by atoms with Gasteiger partial charge >= 0.3 is 0 Å². The van der Waals surface area contributed by atoms with E-state index in [2.05, 4.69) is 36.3 Å². The van der Waals surface area contributed by atoms with Crippen molar-refractivity contribution in [2.24, 2.45) is 5.92 Å². The maximum atomic E-state index is 4.36. The predicted molar refractivity (Wildman–Crippen MR) is 72.1 cm³/mol. The molecule has 2 heteroatoms. The number of hydrogen-bond acceptors (Lipinski definition) is 2. The third-order valence-electron chi connectivity index (χ3n) is 4.00. The van der Waals surface area contributed by atoms with Crippen LogP contribution in [0.1, 0.15) is 44.4 Å². The largest absolute Gasteiger partial charge is 0.312 e. The maximum absolute atomic E-state index is 4.36. The van der Waals surface area contributed by atoms with Gasteiger partial charge in [-0.05, 0) is 64.0 Å². The van der Waals surface area contributed by atoms with E-state index in [4.69, 9.17) is 0 Å². The van der Waals surface area contributed by atoms with E-state index < -0.39 is 0 Å². The summed E-state index contributed by atoms with van der Waals surface area (Å²) in [5.41, 5.74) is 2.48. The number of rotatable bonds is 3. The smallest absolute Gasteiger partial charge is 0.0372 e. The van der Waals surface area contributed by atoms with Crippen molar-refractivity contribution in [3.63, 3.8) is 0 Å². The highest BCUT2D eigenvalue weighted by Gasteiger charge is 2.23. The SMILES string of the molecule is Cc1ccc(CCC2CCC(C)NC2C)cn1. The lowest BCUT2D eigenvalue weighted by molar-refractivity contribution is 0.241. The highest BCUT2D eigenvalue weighted by molar-refractivity contribution is 5.13. The normalized spacial score (nSPS) is 29.2. The van der Waals surface area contributed by atoms with E-state index in [1.54, 1.807) is 0 Å². The Labute approximate surface area is 105 Å². The molecule has 0 saturated carbocycles. The summed E-state index contributed by atoms with van der Waals surface area (Å²) < 4.78 is 0. The average Bonchev–Trinajstić information content (AvgIpc) is 2.30. The van der Waals surface area contributed by atoms with Crippen LogP contribution in [0.4, 0.5) is 0 Å². The number of hydrogen-bond donors (Lipinski definition) is 1. The highest BCUT2D eigenvalue weighted by Crippen LogP contribution is 2.24. The second kappa shape index (κ2) is 5.63. The zero-order valence-corrected chi connectivity index (χ0v) is 11.2. The summed E-state index contributed by atoms with van der Waals surface area (Å²) in [6, 6.07) is 5.69. The van der Waals surface area contributed by atoms with Gasteiger partial charge in [0.25, 0.3) is 0 Å². The number of aromatic nitrogens is 1. The van der Waals surface area contributed by atoms with Crippen LogP contribution < -0.4 is 5.32 Å². The molecular weight excluding hydrogens is 208 g/mol. The van der Waals surface area contributed by atoms with Crippen molar-refractivity contribution < 1.29 is 0 Å². The first-order valence-corrected chi connectivity index (χ1v) is 6.82. The van der Waals surface area contributed by atoms with Gasteiger partial charge in [-0.25, -0.2) is 0 Å². The van der Waals surface area contributed by atoms with Gasteiger partial charge in [0.15, 0.2) is 0 Å². The van der Waals surface area contributed by atoms with Crippen LogP contribution in [0.2, 0.25) is 0 Å². The molecule has 0 aromatic carbocycles. The molecule has 3 atom stereocenters. The molecular formula is C15H24N2. The van der Waals surface area contributed by atoms with Crippen molar-refractivity contribution in [1.82, 2.24) is 10.3 Å². The summed E-state index contributed by atoms with van der Waals surface area (Å²) in [7, 11) is 0. The van der Waals surface area contributed by atoms with E-state index in [9.17, 15) is 0 Å². The molecule has 1 aliphatic heterocycles. The van der Waals surface area contributed by atoms with Crippen molar-refractivity contribution in [2.45, 2.75) is 58.5 Å². The summed E-state index contributed by atoms with van der Waals surface area (Å²) in [5, 5.41) is 3.66. The quantitative estimate of drug-likeness (QED) is 0.866. The minimum atomic E-state index is 0.664. The van der Waals surface area contributed by atoms with Gasteiger partial charge in [0.2, 0.25) is 0 Å². The fourth-order valence-electron chi connectivity index (χ4n) is 2.77. The Bertz CT molecular complexity index is 344. The van der Waals surface area contributed by atoms with Crippen LogP contribution in [-0.2, 0) is 6.42 Å². The highest BCUT2D eigenvalue weighted by atomic mass is 15.0. The Morgan fingerprint density at radius 2 is 2.12 bits per heavy atom. The molecule has 2 rings (SSSR count). The number of aryl methyl sites for hydroxylation is 2. The van der Waals surface area contributed by atoms with E-state index in [0.29, 0.717) is 12.1 Å². The Hall–Kier alpha value is -0.890. The van der Waals surface area contributed by atoms with Gasteiger partial charge in [-0.2, -0.15) is 0 Å². The Kier molecular flexibility index (Phi) is 4.16. The average molecular weight is 232 g/mol. The molecule has 2 nitrogen and oxygen atoms in total. The Balaban J connectivity index is 1.83. The first-order chi connectivity index (χ1) is 8.15. The third-order valence-corrected chi connectivity index (χ3v) is 4.00. The van der Waals surface area contributed by atoms with Crippen LogP contribution in [0, 0.1) is 12.8 Å². The zero-order chi connectivity index (χ0) is 12.3. The molecule has 1 N–H and O–H groups in total. The summed E-state index contributed by atoms with van der Waals surface area (Å²) in [6.07, 6.45) is 7.17. The lowest BCUT2D eigenvalue weighted by atomic mass is 9.85. The summed E-state index contributed by atoms with van der Waals surface area (Å²) in [6.45, 7) is 6.66. The summed E-state index contributed by atoms with van der Waals surface area (Å²) >= 11 is 0. The second-order valence-corrected chi connectivity index (χ2v) is 5.54. The number of piperidine rings is 1. The topological polar surface area (TPSA) is 24.9 Å². The summed E-state index contributed by atoms with van der Waals surface area (Å²) in [5.74, 6) is 0.826. The fourth-order valence-corrected chi connectivity index (χ4v) is 2.77. The minimum absolute atomic E-state index is 0.664. The maximum Gasteiger partial charge on any atom is 0.0372 e. The number of nitrogens with zero attached hydrogens (tertiary/aromatic N) is 1. The van der Waals surface area contributed by atoms with Gasteiger partial charge in [-0.15, -0.1) is 0 Å². The van der Waals surface area contributed by atoms with Gasteiger partial charge in [0.1, 0.15) is 0 Å². The lowest BCUT2D eigenvalue weighted by Crippen LogP contribution is -2.44. The molecule has 17 heavy (non-hydrogen) atoms. The third kappa shape index (κ3) is 3.53. The Morgan fingerprint density at radius 1 is 1.29 bits per heavy atom. The molecule has 1 aromatic heterocycles. The van der Waals surface area contributed by atoms with Crippen molar-refractivity contribution >= 4 is 0 Å². The van der Waals surface area contributed by atoms with Crippen LogP contribution in [0.3, 0.4) is 0 Å². The van der Waals surface area contributed by atoms with Crippen LogP contribution in [-0.4, -0.2) is 17.1 Å². The molecule has 0 bridgehead atoms. The monoisotopic (exact) mass is 232 g/mol. The van der Waals surface area contributed by atoms with Crippen molar-refractivity contribution in [3.8, 4) is 0 Å². The van der Waals surface area contributed by atoms with E-state index in [-0.39, 0.29) is 0 Å². The fraction of sp³-hybridized carbons (Fsp3) is 0.667. The van der Waals surface area contributed by atoms with Gasteiger partial charge in [0, 0.05) is 24.0 Å². The van der Waals surface area contributed by atoms with Crippen LogP contribution in [0.25, 0.3) is 0 Å². The van der Waals surface area contributed by atoms with Gasteiger partial charge in [0.05, 0.1) is 0 Å². The van der Waals surface area contributed by atoms with E-state index in [0.717, 1.165) is 11.6 Å². The van der Waals surface area contributed by atoms with Gasteiger partial charge in [-0.3, -0.25) is 4.98 Å². The molecule has 3 unspecified atom stereocenters. The molecule has 1 saturated heterocycles. The first-order valence-electron chi connectivity index (χ1n) is 6.82. The van der Waals surface area contributed by atoms with E-state index in [1.807, 2.05) is 13.1 Å². The summed E-state index contributed by atoms with van der Waals surface area (Å²) in [4.78, 5) is 4.36. The molecule has 0 spiro atoms. The first kappa shape index (κ1) is 12.6. The predicted octanol–water partition coefficient (Wildman–Crippen LogP) is 3.10. The zero-order valence-electron chi connectivity index (χ0n) is 11.2. The Morgan fingerprint density at radius 3 is 2.76 bits per heavy atom. The molecule has 1 aliphatic rings. The van der Waals surface area contributed by atoms with E-state index in [1.165, 1.54) is 31.2 Å². The molecule has 0 amide bonds. The van der Waals surface area contributed by atoms with Gasteiger partial charge in [-0.1, -0.05) is 6.07 Å². The van der Waals surface area contributed by atoms with Crippen molar-refractivity contribution in [1.29, 1.82) is 0 Å². The van der Waals surface area contributed by atoms with Crippen LogP contribution >= 0.6 is 0 Å². The van der Waals surface area contributed by atoms with Crippen LogP contribution in [0.5, 0.6) is 0 Å². The number of pyridine rings is 1. The standard InChI is InChI=1S/C15H24N2/c1-11-4-6-14(10-16-11)7-9-15-8-5-12(2)17-13(15)3/h4,6,10,12-13,15,17H,5,7-9H2,1-3H3. The number of nitrogens with one attached hydrogen (secondary N) is 1. The van der Waals surface area contributed by atoms with Crippen molar-refractivity contribution in [3.05, 3.63) is 29.6 Å². The molecule has 1 fully saturated rings. The molecule has 2 heterocycles. The molecule has 94 valence electrons. The van der Waals surface area contributed by atoms with E-state index >= 15 is 0 Å². The van der Waals surface area contributed by atoms with Crippen molar-refractivity contribution in [2.75, 3.05) is 0 Å². The van der Waals surface area contributed by atoms with Gasteiger partial charge < -0.3 is 5.32 Å². The minimum Gasteiger partial charge on any atom is -0.312 e. The second-order valence-electron chi connectivity index (χ2n) is 5.54. The molecule has 0 aliphatic carbocycles. The lowest BCUT2D eigenvalue weighted by Gasteiger charge is -2.34. The van der Waals surface area contributed by atoms with Crippen LogP contribution in [0.15, 0.2) is 18.3 Å². The molecule has 1 aromatic rings. The molecule has 0 radical (unpaired) electrons.